The van der Waals surface area contributed by atoms with Gasteiger partial charge in [0.05, 0.1) is 12.6 Å². The molecule has 0 fully saturated rings. The Balaban J connectivity index is 2.68. The molecular weight excluding hydrogens is 214 g/mol. The molecule has 1 rings (SSSR count). The van der Waals surface area contributed by atoms with E-state index in [-0.39, 0.29) is 0 Å². The first-order chi connectivity index (χ1) is 8.04. The second-order valence-electron chi connectivity index (χ2n) is 5.25. The zero-order valence-corrected chi connectivity index (χ0v) is 11.6. The fraction of sp³-hybridized carbons (Fsp3) is 0.769. The monoisotopic (exact) mass is 239 g/mol. The molecule has 1 heterocycles. The molecule has 0 aromatic carbocycles. The van der Waals surface area contributed by atoms with Crippen molar-refractivity contribution in [3.63, 3.8) is 0 Å². The molecule has 1 unspecified atom stereocenters. The van der Waals surface area contributed by atoms with Crippen LogP contribution in [0.3, 0.4) is 0 Å². The molecule has 0 radical (unpaired) electrons. The van der Waals surface area contributed by atoms with Crippen LogP contribution in [0.15, 0.2) is 12.4 Å². The van der Waals surface area contributed by atoms with Gasteiger partial charge in [0.1, 0.15) is 0 Å². The minimum atomic E-state index is 0.299. The smallest absolute Gasteiger partial charge is 0.203 e. The van der Waals surface area contributed by atoms with Gasteiger partial charge in [0, 0.05) is 26.0 Å². The lowest BCUT2D eigenvalue weighted by molar-refractivity contribution is 0.170. The molecule has 0 bridgehead atoms. The molecule has 17 heavy (non-hydrogen) atoms. The van der Waals surface area contributed by atoms with Crippen LogP contribution in [0, 0.1) is 11.8 Å². The molecule has 1 N–H and O–H groups in total. The number of imidazole rings is 1. The Morgan fingerprint density at radius 1 is 1.35 bits per heavy atom. The third-order valence-electron chi connectivity index (χ3n) is 2.74. The highest BCUT2D eigenvalue weighted by molar-refractivity contribution is 5.28. The van der Waals surface area contributed by atoms with Crippen molar-refractivity contribution in [2.75, 3.05) is 19.0 Å². The summed E-state index contributed by atoms with van der Waals surface area (Å²) in [6, 6.07) is 0.299. The molecule has 0 spiro atoms. The molecular formula is C13H25N3O. The van der Waals surface area contributed by atoms with Gasteiger partial charge in [-0.2, -0.15) is 0 Å². The van der Waals surface area contributed by atoms with Crippen LogP contribution in [0.4, 0.5) is 5.95 Å². The predicted molar refractivity (Wildman–Crippen MR) is 71.2 cm³/mol. The molecule has 1 aromatic rings. The standard InChI is InChI=1S/C13H25N3O/c1-10(2)8-16-7-6-14-13(16)15-12(9-17-5)11(3)4/h6-7,10-12H,8-9H2,1-5H3,(H,14,15). The molecule has 1 aromatic heterocycles. The highest BCUT2D eigenvalue weighted by atomic mass is 16.5. The molecule has 0 saturated heterocycles. The number of ether oxygens (including phenoxy) is 1. The minimum Gasteiger partial charge on any atom is -0.383 e. The van der Waals surface area contributed by atoms with E-state index < -0.39 is 0 Å². The number of nitrogens with zero attached hydrogens (tertiary/aromatic N) is 2. The summed E-state index contributed by atoms with van der Waals surface area (Å²) in [4.78, 5) is 4.37. The fourth-order valence-corrected chi connectivity index (χ4v) is 1.74. The summed E-state index contributed by atoms with van der Waals surface area (Å²) < 4.78 is 7.40. The van der Waals surface area contributed by atoms with Crippen molar-refractivity contribution in [1.29, 1.82) is 0 Å². The molecule has 0 amide bonds. The Labute approximate surface area is 104 Å². The van der Waals surface area contributed by atoms with E-state index in [1.54, 1.807) is 7.11 Å². The van der Waals surface area contributed by atoms with Gasteiger partial charge in [-0.15, -0.1) is 0 Å². The normalized spacial score (nSPS) is 13.4. The highest BCUT2D eigenvalue weighted by Gasteiger charge is 2.15. The average molecular weight is 239 g/mol. The van der Waals surface area contributed by atoms with Gasteiger partial charge in [0.2, 0.25) is 5.95 Å². The summed E-state index contributed by atoms with van der Waals surface area (Å²) in [5.41, 5.74) is 0. The molecule has 0 aliphatic carbocycles. The van der Waals surface area contributed by atoms with Gasteiger partial charge in [-0.05, 0) is 11.8 Å². The lowest BCUT2D eigenvalue weighted by Crippen LogP contribution is -2.31. The van der Waals surface area contributed by atoms with Gasteiger partial charge in [-0.1, -0.05) is 27.7 Å². The van der Waals surface area contributed by atoms with E-state index in [2.05, 4.69) is 42.6 Å². The first kappa shape index (κ1) is 14.0. The molecule has 0 saturated carbocycles. The van der Waals surface area contributed by atoms with Crippen molar-refractivity contribution < 1.29 is 4.74 Å². The first-order valence-electron chi connectivity index (χ1n) is 6.31. The average Bonchev–Trinajstić information content (AvgIpc) is 2.64. The van der Waals surface area contributed by atoms with Crippen LogP contribution >= 0.6 is 0 Å². The lowest BCUT2D eigenvalue weighted by Gasteiger charge is -2.23. The van der Waals surface area contributed by atoms with Crippen LogP contribution in [0.1, 0.15) is 27.7 Å². The Morgan fingerprint density at radius 3 is 2.59 bits per heavy atom. The third-order valence-corrected chi connectivity index (χ3v) is 2.74. The second kappa shape index (κ2) is 6.64. The van der Waals surface area contributed by atoms with E-state index in [4.69, 9.17) is 4.74 Å². The molecule has 0 aliphatic heterocycles. The van der Waals surface area contributed by atoms with E-state index in [0.717, 1.165) is 12.5 Å². The Hall–Kier alpha value is -1.03. The first-order valence-corrected chi connectivity index (χ1v) is 6.31. The maximum absolute atomic E-state index is 5.24. The van der Waals surface area contributed by atoms with Crippen LogP contribution in [-0.2, 0) is 11.3 Å². The van der Waals surface area contributed by atoms with Crippen LogP contribution in [0.5, 0.6) is 0 Å². The minimum absolute atomic E-state index is 0.299. The molecule has 4 heteroatoms. The van der Waals surface area contributed by atoms with Crippen molar-refractivity contribution in [1.82, 2.24) is 9.55 Å². The van der Waals surface area contributed by atoms with Crippen LogP contribution in [-0.4, -0.2) is 29.3 Å². The summed E-state index contributed by atoms with van der Waals surface area (Å²) in [6.07, 6.45) is 3.86. The number of rotatable bonds is 7. The van der Waals surface area contributed by atoms with E-state index in [9.17, 15) is 0 Å². The number of hydrogen-bond acceptors (Lipinski definition) is 3. The molecule has 98 valence electrons. The SMILES string of the molecule is COCC(Nc1nccn1CC(C)C)C(C)C. The maximum Gasteiger partial charge on any atom is 0.203 e. The van der Waals surface area contributed by atoms with E-state index in [0.29, 0.717) is 24.5 Å². The van der Waals surface area contributed by atoms with Crippen LogP contribution in [0.2, 0.25) is 0 Å². The topological polar surface area (TPSA) is 39.1 Å². The summed E-state index contributed by atoms with van der Waals surface area (Å²) in [7, 11) is 1.73. The van der Waals surface area contributed by atoms with E-state index in [1.807, 2.05) is 12.4 Å². The maximum atomic E-state index is 5.24. The van der Waals surface area contributed by atoms with Crippen LogP contribution in [0.25, 0.3) is 0 Å². The second-order valence-corrected chi connectivity index (χ2v) is 5.25. The molecule has 1 atom stereocenters. The highest BCUT2D eigenvalue weighted by Crippen LogP contribution is 2.13. The zero-order chi connectivity index (χ0) is 12.8. The van der Waals surface area contributed by atoms with Crippen LogP contribution < -0.4 is 5.32 Å². The van der Waals surface area contributed by atoms with Gasteiger partial charge in [0.15, 0.2) is 0 Å². The number of anilines is 1. The Bertz CT molecular complexity index is 320. The largest absolute Gasteiger partial charge is 0.383 e. The summed E-state index contributed by atoms with van der Waals surface area (Å²) in [5.74, 6) is 2.07. The molecule has 4 nitrogen and oxygen atoms in total. The van der Waals surface area contributed by atoms with Gasteiger partial charge in [-0.25, -0.2) is 4.98 Å². The van der Waals surface area contributed by atoms with Crippen molar-refractivity contribution in [2.45, 2.75) is 40.3 Å². The summed E-state index contributed by atoms with van der Waals surface area (Å²) in [5, 5.41) is 3.46. The fourth-order valence-electron chi connectivity index (χ4n) is 1.74. The quantitative estimate of drug-likeness (QED) is 0.795. The Kier molecular flexibility index (Phi) is 5.48. The third kappa shape index (κ3) is 4.38. The summed E-state index contributed by atoms with van der Waals surface area (Å²) >= 11 is 0. The van der Waals surface area contributed by atoms with Gasteiger partial charge in [0.25, 0.3) is 0 Å². The predicted octanol–water partition coefficient (Wildman–Crippen LogP) is 2.62. The van der Waals surface area contributed by atoms with E-state index >= 15 is 0 Å². The number of nitrogens with one attached hydrogen (secondary N) is 1. The summed E-state index contributed by atoms with van der Waals surface area (Å²) in [6.45, 7) is 10.5. The van der Waals surface area contributed by atoms with Gasteiger partial charge < -0.3 is 14.6 Å². The van der Waals surface area contributed by atoms with Gasteiger partial charge in [-0.3, -0.25) is 0 Å². The molecule has 0 aliphatic rings. The number of aromatic nitrogens is 2. The van der Waals surface area contributed by atoms with Gasteiger partial charge >= 0.3 is 0 Å². The zero-order valence-electron chi connectivity index (χ0n) is 11.6. The lowest BCUT2D eigenvalue weighted by atomic mass is 10.1. The van der Waals surface area contributed by atoms with Crippen molar-refractivity contribution in [3.05, 3.63) is 12.4 Å². The van der Waals surface area contributed by atoms with E-state index in [1.165, 1.54) is 0 Å². The van der Waals surface area contributed by atoms with Crippen molar-refractivity contribution in [2.24, 2.45) is 11.8 Å². The van der Waals surface area contributed by atoms with Crippen molar-refractivity contribution in [3.8, 4) is 0 Å². The van der Waals surface area contributed by atoms with Crippen molar-refractivity contribution >= 4 is 5.95 Å². The number of methoxy groups -OCH3 is 1. The number of hydrogen-bond donors (Lipinski definition) is 1. The Morgan fingerprint density at radius 2 is 2.06 bits per heavy atom.